The first kappa shape index (κ1) is 33.7. The molecule has 2 atom stereocenters. The summed E-state index contributed by atoms with van der Waals surface area (Å²) in [5.41, 5.74) is 3.59. The molecule has 0 aliphatic carbocycles. The van der Waals surface area contributed by atoms with Crippen LogP contribution in [0.2, 0.25) is 5.02 Å². The third-order valence-electron chi connectivity index (χ3n) is 6.29. The normalized spacial score (nSPS) is 18.1. The van der Waals surface area contributed by atoms with E-state index in [9.17, 15) is 31.1 Å². The first-order valence-electron chi connectivity index (χ1n) is 12.0. The molecule has 2 saturated heterocycles. The minimum Gasteiger partial charge on any atom is -0.475 e. The van der Waals surface area contributed by atoms with Gasteiger partial charge in [-0.25, -0.2) is 9.59 Å². The van der Waals surface area contributed by atoms with Crippen molar-refractivity contribution in [2.24, 2.45) is 5.92 Å². The predicted molar refractivity (Wildman–Crippen MR) is 138 cm³/mol. The summed E-state index contributed by atoms with van der Waals surface area (Å²) in [7, 11) is 4.12. The number of anilines is 1. The number of halogens is 7. The fourth-order valence-electron chi connectivity index (χ4n) is 4.15. The van der Waals surface area contributed by atoms with Crippen LogP contribution in [0.25, 0.3) is 0 Å². The second-order valence-electron chi connectivity index (χ2n) is 9.53. The quantitative estimate of drug-likeness (QED) is 0.478. The third-order valence-corrected chi connectivity index (χ3v) is 6.54. The van der Waals surface area contributed by atoms with Gasteiger partial charge >= 0.3 is 24.3 Å². The minimum absolute atomic E-state index is 0.224. The van der Waals surface area contributed by atoms with Gasteiger partial charge in [0.05, 0.1) is 6.42 Å². The zero-order valence-corrected chi connectivity index (χ0v) is 22.7. The molecule has 0 spiro atoms. The Labute approximate surface area is 236 Å². The second-order valence-corrected chi connectivity index (χ2v) is 9.96. The van der Waals surface area contributed by atoms with Crippen LogP contribution in [0.5, 0.6) is 0 Å². The number of hydrogen-bond donors (Lipinski definition) is 2. The van der Waals surface area contributed by atoms with Gasteiger partial charge in [-0.2, -0.15) is 26.3 Å². The number of carboxylic acids is 2. The van der Waals surface area contributed by atoms with E-state index in [1.165, 1.54) is 11.3 Å². The summed E-state index contributed by atoms with van der Waals surface area (Å²) in [6.45, 7) is 3.80. The molecule has 2 aliphatic heterocycles. The summed E-state index contributed by atoms with van der Waals surface area (Å²) >= 11 is 5.93. The Bertz CT molecular complexity index is 1170. The molecule has 2 aromatic carbocycles. The van der Waals surface area contributed by atoms with Gasteiger partial charge in [-0.3, -0.25) is 9.69 Å². The van der Waals surface area contributed by atoms with Crippen molar-refractivity contribution in [2.75, 3.05) is 38.6 Å². The summed E-state index contributed by atoms with van der Waals surface area (Å²) in [4.78, 5) is 37.1. The highest BCUT2D eigenvalue weighted by Crippen LogP contribution is 2.34. The van der Waals surface area contributed by atoms with Crippen LogP contribution in [0, 0.1) is 5.92 Å². The summed E-state index contributed by atoms with van der Waals surface area (Å²) in [6, 6.07) is 16.8. The van der Waals surface area contributed by atoms with Crippen LogP contribution >= 0.6 is 11.6 Å². The van der Waals surface area contributed by atoms with Gasteiger partial charge in [0.2, 0.25) is 5.91 Å². The number of nitrogens with zero attached hydrogens (tertiary/aromatic N) is 3. The minimum atomic E-state index is -5.08. The Morgan fingerprint density at radius 3 is 1.73 bits per heavy atom. The average Bonchev–Trinajstić information content (AvgIpc) is 3.20. The molecule has 15 heteroatoms. The summed E-state index contributed by atoms with van der Waals surface area (Å²) in [6.07, 6.45) is -9.71. The first-order valence-corrected chi connectivity index (χ1v) is 12.4. The number of aliphatic carboxylic acids is 2. The van der Waals surface area contributed by atoms with Crippen molar-refractivity contribution in [3.05, 3.63) is 64.7 Å². The fourth-order valence-corrected chi connectivity index (χ4v) is 4.28. The number of carbonyl (C=O) groups is 3. The topological polar surface area (TPSA) is 101 Å². The lowest BCUT2D eigenvalue weighted by atomic mass is 9.91. The monoisotopic (exact) mass is 611 g/mol. The van der Waals surface area contributed by atoms with Crippen molar-refractivity contribution in [3.63, 3.8) is 0 Å². The smallest absolute Gasteiger partial charge is 0.475 e. The molecule has 0 bridgehead atoms. The second kappa shape index (κ2) is 13.9. The molecule has 0 saturated carbocycles. The number of likely N-dealkylation sites (tertiary alicyclic amines) is 2. The van der Waals surface area contributed by atoms with E-state index in [0.29, 0.717) is 23.4 Å². The highest BCUT2D eigenvalue weighted by molar-refractivity contribution is 6.30. The lowest BCUT2D eigenvalue weighted by Gasteiger charge is -2.43. The van der Waals surface area contributed by atoms with E-state index in [4.69, 9.17) is 31.4 Å². The number of fused-ring (bicyclic) bond motifs is 1. The lowest BCUT2D eigenvalue weighted by molar-refractivity contribution is -0.193. The van der Waals surface area contributed by atoms with Crippen LogP contribution in [-0.4, -0.2) is 90.0 Å². The molecule has 2 fully saturated rings. The fraction of sp³-hybridized carbons (Fsp3) is 0.423. The number of amides is 1. The number of carboxylic acid groups (broad SMARTS) is 2. The predicted octanol–water partition coefficient (Wildman–Crippen LogP) is 4.56. The summed E-state index contributed by atoms with van der Waals surface area (Å²) in [5.74, 6) is -4.66. The standard InChI is InChI=1S/C22H26ClN3O.2C2HF3O2/c1-24(2)20-9-5-17(6-10-20)12-25-13-18-14-26(15-21(18)25)22(27)11-16-3-7-19(23)8-4-16;2*3-2(4,5)1(6)7/h3-10,18,21H,11-15H2,1-2H3;2*(H,6,7). The van der Waals surface area contributed by atoms with Crippen LogP contribution in [0.15, 0.2) is 48.5 Å². The molecular weight excluding hydrogens is 584 g/mol. The van der Waals surface area contributed by atoms with Gasteiger partial charge in [0.25, 0.3) is 0 Å². The Hall–Kier alpha value is -3.52. The maximum absolute atomic E-state index is 12.7. The Morgan fingerprint density at radius 2 is 1.29 bits per heavy atom. The zero-order valence-electron chi connectivity index (χ0n) is 21.9. The molecule has 0 aromatic heterocycles. The SMILES string of the molecule is CN(C)c1ccc(CN2CC3CN(C(=O)Cc4ccc(Cl)cc4)CC32)cc1.O=C(O)C(F)(F)F.O=C(O)C(F)(F)F. The van der Waals surface area contributed by atoms with Gasteiger partial charge in [0.15, 0.2) is 0 Å². The molecule has 2 heterocycles. The molecule has 226 valence electrons. The van der Waals surface area contributed by atoms with Crippen molar-refractivity contribution in [3.8, 4) is 0 Å². The summed E-state index contributed by atoms with van der Waals surface area (Å²) < 4.78 is 63.5. The average molecular weight is 612 g/mol. The Balaban J connectivity index is 0.000000349. The van der Waals surface area contributed by atoms with Crippen molar-refractivity contribution >= 4 is 35.1 Å². The molecule has 4 rings (SSSR count). The largest absolute Gasteiger partial charge is 0.490 e. The number of hydrogen-bond acceptors (Lipinski definition) is 5. The van der Waals surface area contributed by atoms with E-state index in [1.54, 1.807) is 0 Å². The first-order chi connectivity index (χ1) is 18.9. The van der Waals surface area contributed by atoms with Crippen LogP contribution in [0.4, 0.5) is 32.0 Å². The van der Waals surface area contributed by atoms with Crippen LogP contribution in [0.1, 0.15) is 11.1 Å². The van der Waals surface area contributed by atoms with E-state index >= 15 is 0 Å². The van der Waals surface area contributed by atoms with Gasteiger partial charge in [0, 0.05) is 62.9 Å². The lowest BCUT2D eigenvalue weighted by Crippen LogP contribution is -2.54. The molecule has 2 N–H and O–H groups in total. The van der Waals surface area contributed by atoms with E-state index in [0.717, 1.165) is 31.7 Å². The van der Waals surface area contributed by atoms with Crippen molar-refractivity contribution < 1.29 is 50.9 Å². The maximum atomic E-state index is 12.7. The Morgan fingerprint density at radius 1 is 0.829 bits per heavy atom. The number of alkyl halides is 6. The third kappa shape index (κ3) is 10.4. The number of carbonyl (C=O) groups excluding carboxylic acids is 1. The maximum Gasteiger partial charge on any atom is 0.490 e. The number of benzene rings is 2. The van der Waals surface area contributed by atoms with E-state index in [-0.39, 0.29) is 5.91 Å². The van der Waals surface area contributed by atoms with E-state index in [2.05, 4.69) is 48.2 Å². The highest BCUT2D eigenvalue weighted by Gasteiger charge is 2.46. The molecule has 2 aliphatic rings. The molecule has 1 amide bonds. The van der Waals surface area contributed by atoms with Crippen LogP contribution < -0.4 is 4.90 Å². The van der Waals surface area contributed by atoms with Crippen LogP contribution in [0.3, 0.4) is 0 Å². The van der Waals surface area contributed by atoms with Crippen LogP contribution in [-0.2, 0) is 27.3 Å². The van der Waals surface area contributed by atoms with Gasteiger partial charge in [-0.1, -0.05) is 35.9 Å². The molecule has 41 heavy (non-hydrogen) atoms. The Kier molecular flexibility index (Phi) is 11.4. The molecule has 8 nitrogen and oxygen atoms in total. The molecule has 2 unspecified atom stereocenters. The van der Waals surface area contributed by atoms with E-state index < -0.39 is 24.3 Å². The van der Waals surface area contributed by atoms with Crippen molar-refractivity contribution in [2.45, 2.75) is 31.4 Å². The highest BCUT2D eigenvalue weighted by atomic mass is 35.5. The zero-order chi connectivity index (χ0) is 31.1. The van der Waals surface area contributed by atoms with Gasteiger partial charge in [-0.15, -0.1) is 0 Å². The summed E-state index contributed by atoms with van der Waals surface area (Å²) in [5, 5.41) is 15.0. The van der Waals surface area contributed by atoms with Gasteiger partial charge in [-0.05, 0) is 35.4 Å². The molecule has 0 radical (unpaired) electrons. The van der Waals surface area contributed by atoms with E-state index in [1.807, 2.05) is 29.2 Å². The number of rotatable bonds is 5. The molecule has 2 aromatic rings. The van der Waals surface area contributed by atoms with Crippen molar-refractivity contribution in [1.82, 2.24) is 9.80 Å². The molecular formula is C26H28ClF6N3O5. The van der Waals surface area contributed by atoms with Gasteiger partial charge in [0.1, 0.15) is 0 Å². The van der Waals surface area contributed by atoms with Crippen molar-refractivity contribution in [1.29, 1.82) is 0 Å². The van der Waals surface area contributed by atoms with Gasteiger partial charge < -0.3 is 20.0 Å².